The number of rotatable bonds is 8. The van der Waals surface area contributed by atoms with Crippen molar-refractivity contribution in [3.63, 3.8) is 0 Å². The van der Waals surface area contributed by atoms with Gasteiger partial charge in [0.15, 0.2) is 16.1 Å². The average molecular weight is 1350 g/mol. The first-order chi connectivity index (χ1) is 51.6. The predicted octanol–water partition coefficient (Wildman–Crippen LogP) is 13.2. The molecule has 6 aliphatic rings. The van der Waals surface area contributed by atoms with Crippen molar-refractivity contribution in [2.24, 2.45) is 0 Å². The van der Waals surface area contributed by atoms with Crippen molar-refractivity contribution in [3.05, 3.63) is 388 Å². The van der Waals surface area contributed by atoms with E-state index in [-0.39, 0.29) is 20.5 Å². The zero-order valence-corrected chi connectivity index (χ0v) is 59.0. The Bertz CT molecular complexity index is 6130. The fourth-order valence-corrected chi connectivity index (χ4v) is 29.3. The van der Waals surface area contributed by atoms with Gasteiger partial charge in [0, 0.05) is 67.5 Å². The zero-order chi connectivity index (χ0) is 68.2. The summed E-state index contributed by atoms with van der Waals surface area (Å²) in [4.78, 5) is 8.01. The number of benzene rings is 16. The molecule has 0 aliphatic carbocycles. The summed E-state index contributed by atoms with van der Waals surface area (Å²) in [5, 5.41) is 10.7. The van der Waals surface area contributed by atoms with E-state index in [2.05, 4.69) is 403 Å². The van der Waals surface area contributed by atoms with Gasteiger partial charge in [0.1, 0.15) is 0 Å². The quantitative estimate of drug-likeness (QED) is 0.111. The molecule has 480 valence electrons. The molecule has 0 radical (unpaired) electrons. The molecule has 0 bridgehead atoms. The fraction of sp³-hybridized carbons (Fsp3) is 0. The first kappa shape index (κ1) is 59.3. The number of hydrogen-bond acceptors (Lipinski definition) is 3. The minimum atomic E-state index is -3.29. The molecule has 0 aromatic heterocycles. The van der Waals surface area contributed by atoms with Crippen molar-refractivity contribution in [1.82, 2.24) is 0 Å². The van der Waals surface area contributed by atoms with Crippen LogP contribution in [0.1, 0.15) is 0 Å². The molecule has 0 saturated carbocycles. The number of anilines is 6. The highest BCUT2D eigenvalue weighted by molar-refractivity contribution is 7.21. The second-order valence-corrected chi connectivity index (χ2v) is 36.4. The van der Waals surface area contributed by atoms with Crippen LogP contribution in [0.5, 0.6) is 0 Å². The topological polar surface area (TPSA) is 9.72 Å². The number of hydrogen-bond donors (Lipinski definition) is 0. The average Bonchev–Trinajstić information content (AvgIpc) is 0.704. The van der Waals surface area contributed by atoms with Gasteiger partial charge < -0.3 is 14.4 Å². The highest BCUT2D eigenvalue weighted by Crippen LogP contribution is 2.50. The third kappa shape index (κ3) is 8.26. The molecule has 0 amide bonds. The van der Waals surface area contributed by atoms with Gasteiger partial charge in [-0.05, 0) is 144 Å². The summed E-state index contributed by atoms with van der Waals surface area (Å²) in [7, 11) is -6.55. The van der Waals surface area contributed by atoms with E-state index in [1.54, 1.807) is 0 Å². The monoisotopic (exact) mass is 1350 g/mol. The molecule has 6 aliphatic heterocycles. The zero-order valence-electron chi connectivity index (χ0n) is 57.0. The molecule has 0 saturated heterocycles. The summed E-state index contributed by atoms with van der Waals surface area (Å²) in [5.74, 6) is 0. The SMILES string of the molecule is c1ccc([Si](c2ccccc2)(c2ccc3c(c2)-c2ccccc2N2B3c3ccccc3-c3ccccc32)c2ccc3c(c2)-c2ccccc2B2c4ccccc4-c4ccc([Si](c5ccccc5)(c5ccccc5)c5ccc6c(c5)-c5ccccc5B5c7ccccc7-c7ccccc7N56)cc4N23)cc1. The Hall–Kier alpha value is -12.5. The fourth-order valence-electron chi connectivity index (χ4n) is 19.8. The Balaban J connectivity index is 0.769. The van der Waals surface area contributed by atoms with Crippen molar-refractivity contribution in [2.45, 2.75) is 0 Å². The molecule has 0 unspecified atom stereocenters. The summed E-state index contributed by atoms with van der Waals surface area (Å²) in [6.07, 6.45) is 0. The Kier molecular flexibility index (Phi) is 13.1. The van der Waals surface area contributed by atoms with Crippen LogP contribution in [0.25, 0.3) is 66.8 Å². The normalized spacial score (nSPS) is 13.5. The second-order valence-electron chi connectivity index (χ2n) is 28.8. The summed E-state index contributed by atoms with van der Waals surface area (Å²) in [6.45, 7) is -0.105. The predicted molar refractivity (Wildman–Crippen MR) is 447 cm³/mol. The standard InChI is InChI=1S/C96H64B3N3Si2/c1-5-29-65(30-6-1)103(66-31-7-2-8-32-66,69-54-58-90-82(61-69)80-44-20-28-52-93(80)100-91-50-26-18-42-78(91)74-38-14-22-46-86(74)99(90)100)70-56-60-95-84(62-70)77-41-17-25-49-89(77)98-87-47-23-15-39-75(87)81-57-53-72(64-96(81)102(95)98)104(67-33-9-3-10-34-67,68-35-11-4-12-36-68)71-55-59-94-83(63-71)76-40-16-24-48-88(76)97-85-45-21-13-37-73(85)79-43-19-27-51-92(79)101(94)97/h1-64H. The molecule has 0 fully saturated rings. The van der Waals surface area contributed by atoms with E-state index in [1.807, 2.05) is 0 Å². The van der Waals surface area contributed by atoms with Gasteiger partial charge in [-0.15, -0.1) is 0 Å². The largest absolute Gasteiger partial charge is 0.376 e. The molecular formula is C96H64B3N3Si2. The maximum atomic E-state index is 2.75. The van der Waals surface area contributed by atoms with E-state index in [9.17, 15) is 0 Å². The van der Waals surface area contributed by atoms with Gasteiger partial charge in [-0.25, -0.2) is 0 Å². The van der Waals surface area contributed by atoms with Crippen molar-refractivity contribution < 1.29 is 0 Å². The smallest absolute Gasteiger partial charge is 0.329 e. The van der Waals surface area contributed by atoms with Crippen molar-refractivity contribution in [2.75, 3.05) is 14.4 Å². The molecule has 6 heterocycles. The molecule has 16 aromatic rings. The Morgan fingerprint density at radius 3 is 0.740 bits per heavy atom. The van der Waals surface area contributed by atoms with Gasteiger partial charge in [-0.2, -0.15) is 0 Å². The maximum Gasteiger partial charge on any atom is 0.329 e. The third-order valence-corrected chi connectivity index (χ3v) is 33.5. The van der Waals surface area contributed by atoms with Crippen molar-refractivity contribution in [3.8, 4) is 66.8 Å². The first-order valence-electron chi connectivity index (χ1n) is 36.6. The molecule has 0 atom stereocenters. The van der Waals surface area contributed by atoms with E-state index >= 15 is 0 Å². The van der Waals surface area contributed by atoms with E-state index in [0.717, 1.165) is 0 Å². The van der Waals surface area contributed by atoms with Crippen LogP contribution in [-0.4, -0.2) is 36.7 Å². The number of para-hydroxylation sites is 3. The maximum absolute atomic E-state index is 3.29. The lowest BCUT2D eigenvalue weighted by atomic mass is 9.43. The lowest BCUT2D eigenvalue weighted by Crippen LogP contribution is -2.75. The molecular weight excluding hydrogens is 1280 g/mol. The molecule has 16 aromatic carbocycles. The van der Waals surface area contributed by atoms with Gasteiger partial charge >= 0.3 is 20.5 Å². The Morgan fingerprint density at radius 2 is 0.375 bits per heavy atom. The van der Waals surface area contributed by atoms with Crippen LogP contribution < -0.4 is 88.7 Å². The number of nitrogens with zero attached hydrogens (tertiary/aromatic N) is 3. The molecule has 104 heavy (non-hydrogen) atoms. The van der Waals surface area contributed by atoms with Crippen LogP contribution in [0.2, 0.25) is 0 Å². The van der Waals surface area contributed by atoms with Crippen LogP contribution in [0.3, 0.4) is 0 Å². The van der Waals surface area contributed by atoms with Crippen LogP contribution in [-0.2, 0) is 0 Å². The van der Waals surface area contributed by atoms with Crippen LogP contribution in [0, 0.1) is 0 Å². The molecule has 8 heteroatoms. The Morgan fingerprint density at radius 1 is 0.144 bits per heavy atom. The van der Waals surface area contributed by atoms with Crippen LogP contribution >= 0.6 is 0 Å². The van der Waals surface area contributed by atoms with Gasteiger partial charge in [0.05, 0.1) is 0 Å². The lowest BCUT2D eigenvalue weighted by Gasteiger charge is -2.45. The van der Waals surface area contributed by atoms with Crippen molar-refractivity contribution in [1.29, 1.82) is 0 Å². The highest BCUT2D eigenvalue weighted by atomic mass is 28.3. The summed E-state index contributed by atoms with van der Waals surface area (Å²) in [6, 6.07) is 150. The second kappa shape index (κ2) is 23.0. The summed E-state index contributed by atoms with van der Waals surface area (Å²) >= 11 is 0. The lowest BCUT2D eigenvalue weighted by molar-refractivity contribution is 1.35. The molecule has 0 spiro atoms. The molecule has 22 rings (SSSR count). The van der Waals surface area contributed by atoms with Gasteiger partial charge in [-0.3, -0.25) is 0 Å². The van der Waals surface area contributed by atoms with E-state index in [0.29, 0.717) is 0 Å². The van der Waals surface area contributed by atoms with Gasteiger partial charge in [0.2, 0.25) is 0 Å². The van der Waals surface area contributed by atoms with E-state index < -0.39 is 16.1 Å². The number of fused-ring (bicyclic) bond motifs is 33. The van der Waals surface area contributed by atoms with Crippen molar-refractivity contribution >= 4 is 145 Å². The van der Waals surface area contributed by atoms with Gasteiger partial charge in [-0.1, -0.05) is 352 Å². The summed E-state index contributed by atoms with van der Waals surface area (Å²) in [5.41, 5.74) is 30.6. The molecule has 3 nitrogen and oxygen atoms in total. The first-order valence-corrected chi connectivity index (χ1v) is 40.6. The van der Waals surface area contributed by atoms with E-state index in [4.69, 9.17) is 0 Å². The highest BCUT2D eigenvalue weighted by Gasteiger charge is 2.51. The van der Waals surface area contributed by atoms with E-state index in [1.165, 1.54) is 175 Å². The molecule has 0 N–H and O–H groups in total. The summed E-state index contributed by atoms with van der Waals surface area (Å²) < 4.78 is 0. The minimum absolute atomic E-state index is 0.0138. The van der Waals surface area contributed by atoms with Crippen LogP contribution in [0.15, 0.2) is 388 Å². The van der Waals surface area contributed by atoms with Crippen LogP contribution in [0.4, 0.5) is 34.1 Å². The third-order valence-electron chi connectivity index (χ3n) is 24.0. The Labute approximate surface area is 610 Å². The van der Waals surface area contributed by atoms with Gasteiger partial charge in [0.25, 0.3) is 0 Å². The minimum Gasteiger partial charge on any atom is -0.376 e.